The predicted molar refractivity (Wildman–Crippen MR) is 68.6 cm³/mol. The molecule has 0 amide bonds. The first-order valence-corrected chi connectivity index (χ1v) is 5.21. The fraction of sp³-hybridized carbons (Fsp3) is 0.0769. The normalized spacial score (nSPS) is 10.2. The number of benzene rings is 2. The number of nitrogens with two attached hydrogens (primary N) is 1. The number of rotatable bonds is 2. The Hall–Kier alpha value is -2.36. The van der Waals surface area contributed by atoms with E-state index in [1.807, 2.05) is 6.07 Å². The van der Waals surface area contributed by atoms with Gasteiger partial charge in [-0.1, -0.05) is 6.07 Å². The summed E-state index contributed by atoms with van der Waals surface area (Å²) in [4.78, 5) is 0. The number of hydrogen-bond acceptors (Lipinski definition) is 4. The van der Waals surface area contributed by atoms with Crippen LogP contribution in [0.4, 0.5) is 17.1 Å². The molecule has 0 radical (unpaired) electrons. The molecule has 0 saturated heterocycles. The molecule has 0 aromatic heterocycles. The van der Waals surface area contributed by atoms with Gasteiger partial charge in [0.15, 0.2) is 0 Å². The SMILES string of the molecule is Cc1c(O)cc(N)cc1Nc1cccc(O)c1. The third-order valence-corrected chi connectivity index (χ3v) is 2.53. The first-order chi connectivity index (χ1) is 8.06. The minimum atomic E-state index is 0.146. The molecule has 0 atom stereocenters. The predicted octanol–water partition coefficient (Wildman–Crippen LogP) is 2.73. The third kappa shape index (κ3) is 2.42. The first kappa shape index (κ1) is 11.1. The number of phenols is 2. The minimum Gasteiger partial charge on any atom is -0.508 e. The summed E-state index contributed by atoms with van der Waals surface area (Å²) in [6.45, 7) is 1.79. The van der Waals surface area contributed by atoms with Gasteiger partial charge in [0, 0.05) is 34.8 Å². The molecule has 4 nitrogen and oxygen atoms in total. The number of hydrogen-bond donors (Lipinski definition) is 4. The van der Waals surface area contributed by atoms with Gasteiger partial charge in [0.2, 0.25) is 0 Å². The van der Waals surface area contributed by atoms with Gasteiger partial charge in [-0.05, 0) is 25.1 Å². The molecule has 0 bridgehead atoms. The highest BCUT2D eigenvalue weighted by Gasteiger charge is 2.05. The summed E-state index contributed by atoms with van der Waals surface area (Å²) in [6.07, 6.45) is 0. The van der Waals surface area contributed by atoms with Gasteiger partial charge in [0.1, 0.15) is 11.5 Å². The zero-order valence-electron chi connectivity index (χ0n) is 9.44. The van der Waals surface area contributed by atoms with Crippen LogP contribution in [0.3, 0.4) is 0 Å². The molecule has 0 spiro atoms. The lowest BCUT2D eigenvalue weighted by atomic mass is 10.1. The molecule has 17 heavy (non-hydrogen) atoms. The maximum absolute atomic E-state index is 9.64. The number of anilines is 3. The highest BCUT2D eigenvalue weighted by Crippen LogP contribution is 2.30. The van der Waals surface area contributed by atoms with Crippen LogP contribution in [0.25, 0.3) is 0 Å². The zero-order chi connectivity index (χ0) is 12.4. The molecular weight excluding hydrogens is 216 g/mol. The molecule has 2 rings (SSSR count). The second-order valence-electron chi connectivity index (χ2n) is 3.89. The Morgan fingerprint density at radius 3 is 2.59 bits per heavy atom. The van der Waals surface area contributed by atoms with Crippen molar-refractivity contribution in [2.45, 2.75) is 6.92 Å². The third-order valence-electron chi connectivity index (χ3n) is 2.53. The van der Waals surface area contributed by atoms with E-state index in [0.29, 0.717) is 16.9 Å². The molecule has 0 fully saturated rings. The Bertz CT molecular complexity index is 553. The van der Waals surface area contributed by atoms with E-state index < -0.39 is 0 Å². The molecule has 0 aliphatic heterocycles. The standard InChI is InChI=1S/C13H14N2O2/c1-8-12(5-9(14)6-13(8)17)15-10-3-2-4-11(16)7-10/h2-7,15-17H,14H2,1H3. The smallest absolute Gasteiger partial charge is 0.122 e. The van der Waals surface area contributed by atoms with Crippen LogP contribution < -0.4 is 11.1 Å². The maximum atomic E-state index is 9.64. The van der Waals surface area contributed by atoms with Gasteiger partial charge in [0.25, 0.3) is 0 Å². The Labute approximate surface area is 99.3 Å². The van der Waals surface area contributed by atoms with Crippen molar-refractivity contribution < 1.29 is 10.2 Å². The van der Waals surface area contributed by atoms with Gasteiger partial charge in [-0.25, -0.2) is 0 Å². The lowest BCUT2D eigenvalue weighted by molar-refractivity contribution is 0.472. The van der Waals surface area contributed by atoms with E-state index >= 15 is 0 Å². The van der Waals surface area contributed by atoms with E-state index in [9.17, 15) is 10.2 Å². The van der Waals surface area contributed by atoms with E-state index in [-0.39, 0.29) is 11.5 Å². The van der Waals surface area contributed by atoms with Crippen molar-refractivity contribution in [1.82, 2.24) is 0 Å². The van der Waals surface area contributed by atoms with Crippen LogP contribution in [-0.2, 0) is 0 Å². The van der Waals surface area contributed by atoms with Gasteiger partial charge in [-0.3, -0.25) is 0 Å². The van der Waals surface area contributed by atoms with Crippen molar-refractivity contribution in [2.75, 3.05) is 11.1 Å². The van der Waals surface area contributed by atoms with Crippen molar-refractivity contribution in [3.63, 3.8) is 0 Å². The van der Waals surface area contributed by atoms with Crippen LogP contribution in [-0.4, -0.2) is 10.2 Å². The van der Waals surface area contributed by atoms with Crippen molar-refractivity contribution in [2.24, 2.45) is 0 Å². The maximum Gasteiger partial charge on any atom is 0.122 e. The summed E-state index contributed by atoms with van der Waals surface area (Å²) in [5, 5.41) is 22.1. The fourth-order valence-corrected chi connectivity index (χ4v) is 1.59. The Morgan fingerprint density at radius 1 is 1.12 bits per heavy atom. The van der Waals surface area contributed by atoms with Crippen LogP contribution in [0.1, 0.15) is 5.56 Å². The topological polar surface area (TPSA) is 78.5 Å². The van der Waals surface area contributed by atoms with E-state index in [1.165, 1.54) is 6.07 Å². The average molecular weight is 230 g/mol. The molecule has 2 aromatic carbocycles. The van der Waals surface area contributed by atoms with E-state index in [4.69, 9.17) is 5.73 Å². The molecular formula is C13H14N2O2. The molecule has 0 aliphatic rings. The largest absolute Gasteiger partial charge is 0.508 e. The van der Waals surface area contributed by atoms with Crippen LogP contribution in [0.5, 0.6) is 11.5 Å². The monoisotopic (exact) mass is 230 g/mol. The van der Waals surface area contributed by atoms with Crippen LogP contribution in [0.2, 0.25) is 0 Å². The number of nitrogens with one attached hydrogen (secondary N) is 1. The van der Waals surface area contributed by atoms with Gasteiger partial charge >= 0.3 is 0 Å². The summed E-state index contributed by atoms with van der Waals surface area (Å²) in [5.41, 5.74) is 8.31. The van der Waals surface area contributed by atoms with Gasteiger partial charge in [-0.2, -0.15) is 0 Å². The van der Waals surface area contributed by atoms with Gasteiger partial charge in [0.05, 0.1) is 0 Å². The molecule has 0 unspecified atom stereocenters. The minimum absolute atomic E-state index is 0.146. The van der Waals surface area contributed by atoms with E-state index in [0.717, 1.165) is 5.69 Å². The van der Waals surface area contributed by atoms with Gasteiger partial charge in [-0.15, -0.1) is 0 Å². The highest BCUT2D eigenvalue weighted by molar-refractivity contribution is 5.70. The lowest BCUT2D eigenvalue weighted by Crippen LogP contribution is -1.95. The molecule has 0 heterocycles. The van der Waals surface area contributed by atoms with Gasteiger partial charge < -0.3 is 21.3 Å². The number of nitrogen functional groups attached to an aromatic ring is 1. The molecule has 0 saturated carbocycles. The Balaban J connectivity index is 2.36. The van der Waals surface area contributed by atoms with Crippen LogP contribution in [0.15, 0.2) is 36.4 Å². The summed E-state index contributed by atoms with van der Waals surface area (Å²) in [5.74, 6) is 0.327. The molecule has 5 N–H and O–H groups in total. The van der Waals surface area contributed by atoms with Crippen molar-refractivity contribution in [3.05, 3.63) is 42.0 Å². The lowest BCUT2D eigenvalue weighted by Gasteiger charge is -2.12. The molecule has 0 aliphatic carbocycles. The molecule has 4 heteroatoms. The van der Waals surface area contributed by atoms with Crippen molar-refractivity contribution >= 4 is 17.1 Å². The quantitative estimate of drug-likeness (QED) is 0.598. The van der Waals surface area contributed by atoms with Crippen molar-refractivity contribution in [3.8, 4) is 11.5 Å². The van der Waals surface area contributed by atoms with Crippen LogP contribution in [0, 0.1) is 6.92 Å². The summed E-state index contributed by atoms with van der Waals surface area (Å²) in [7, 11) is 0. The second-order valence-corrected chi connectivity index (χ2v) is 3.89. The number of aromatic hydroxyl groups is 2. The highest BCUT2D eigenvalue weighted by atomic mass is 16.3. The second kappa shape index (κ2) is 4.25. The Morgan fingerprint density at radius 2 is 1.88 bits per heavy atom. The fourth-order valence-electron chi connectivity index (χ4n) is 1.59. The zero-order valence-corrected chi connectivity index (χ0v) is 9.44. The molecule has 88 valence electrons. The Kier molecular flexibility index (Phi) is 2.78. The first-order valence-electron chi connectivity index (χ1n) is 5.21. The summed E-state index contributed by atoms with van der Waals surface area (Å²) < 4.78 is 0. The van der Waals surface area contributed by atoms with Crippen molar-refractivity contribution in [1.29, 1.82) is 0 Å². The van der Waals surface area contributed by atoms with E-state index in [2.05, 4.69) is 5.32 Å². The summed E-state index contributed by atoms with van der Waals surface area (Å²) >= 11 is 0. The number of phenolic OH excluding ortho intramolecular Hbond substituents is 2. The molecule has 2 aromatic rings. The summed E-state index contributed by atoms with van der Waals surface area (Å²) in [6, 6.07) is 9.98. The average Bonchev–Trinajstić information content (AvgIpc) is 2.25. The van der Waals surface area contributed by atoms with E-state index in [1.54, 1.807) is 31.2 Å². The van der Waals surface area contributed by atoms with Crippen LogP contribution >= 0.6 is 0 Å².